The molecule has 0 N–H and O–H groups in total. The molecule has 1 aliphatic rings. The second-order valence-corrected chi connectivity index (χ2v) is 6.64. The molecule has 4 rings (SSSR count). The van der Waals surface area contributed by atoms with Crippen LogP contribution < -0.4 is 4.74 Å². The second-order valence-electron chi connectivity index (χ2n) is 6.64. The molecule has 26 heavy (non-hydrogen) atoms. The van der Waals surface area contributed by atoms with Crippen LogP contribution in [0.15, 0.2) is 72.8 Å². The summed E-state index contributed by atoms with van der Waals surface area (Å²) in [7, 11) is 0. The standard InChI is InChI=1S/C23H19FO2/c24-19-11-9-16(10-12-19)15-26-23-8-4-3-7-21(23)18-13-17-5-1-2-6-20(17)22(25)14-18/h1-12,18H,13-15H2. The van der Waals surface area contributed by atoms with Gasteiger partial charge in [-0.2, -0.15) is 0 Å². The molecule has 0 amide bonds. The van der Waals surface area contributed by atoms with Gasteiger partial charge in [0.05, 0.1) is 0 Å². The van der Waals surface area contributed by atoms with Crippen LogP contribution in [0.1, 0.15) is 39.4 Å². The van der Waals surface area contributed by atoms with Gasteiger partial charge in [-0.3, -0.25) is 4.79 Å². The number of fused-ring (bicyclic) bond motifs is 1. The van der Waals surface area contributed by atoms with Crippen LogP contribution in [-0.2, 0) is 13.0 Å². The Morgan fingerprint density at radius 1 is 0.885 bits per heavy atom. The summed E-state index contributed by atoms with van der Waals surface area (Å²) in [4.78, 5) is 12.5. The third kappa shape index (κ3) is 3.38. The first-order chi connectivity index (χ1) is 12.7. The Bertz CT molecular complexity index is 931. The second kappa shape index (κ2) is 7.12. The third-order valence-electron chi connectivity index (χ3n) is 4.88. The first-order valence-electron chi connectivity index (χ1n) is 8.78. The Hall–Kier alpha value is -2.94. The van der Waals surface area contributed by atoms with Crippen LogP contribution in [0.2, 0.25) is 0 Å². The maximum atomic E-state index is 13.0. The summed E-state index contributed by atoms with van der Waals surface area (Å²) in [6.07, 6.45) is 1.33. The van der Waals surface area contributed by atoms with Gasteiger partial charge in [0.25, 0.3) is 0 Å². The number of carbonyl (C=O) groups is 1. The van der Waals surface area contributed by atoms with Crippen LogP contribution in [0.3, 0.4) is 0 Å². The summed E-state index contributed by atoms with van der Waals surface area (Å²) >= 11 is 0. The lowest BCUT2D eigenvalue weighted by molar-refractivity contribution is 0.0963. The SMILES string of the molecule is O=C1CC(c2ccccc2OCc2ccc(F)cc2)Cc2ccccc21. The zero-order valence-electron chi connectivity index (χ0n) is 14.3. The maximum Gasteiger partial charge on any atom is 0.163 e. The van der Waals surface area contributed by atoms with Crippen molar-refractivity contribution < 1.29 is 13.9 Å². The minimum Gasteiger partial charge on any atom is -0.489 e. The number of ether oxygens (including phenoxy) is 1. The molecule has 0 fully saturated rings. The topological polar surface area (TPSA) is 26.3 Å². The summed E-state index contributed by atoms with van der Waals surface area (Å²) in [5.74, 6) is 0.828. The molecular formula is C23H19FO2. The molecule has 130 valence electrons. The Morgan fingerprint density at radius 2 is 1.62 bits per heavy atom. The molecule has 1 aliphatic carbocycles. The quantitative estimate of drug-likeness (QED) is 0.639. The van der Waals surface area contributed by atoms with Gasteiger partial charge < -0.3 is 4.74 Å². The predicted octanol–water partition coefficient (Wildman–Crippen LogP) is 5.32. The van der Waals surface area contributed by atoms with Crippen molar-refractivity contribution in [2.75, 3.05) is 0 Å². The minimum atomic E-state index is -0.256. The van der Waals surface area contributed by atoms with E-state index in [1.807, 2.05) is 48.5 Å². The van der Waals surface area contributed by atoms with Crippen molar-refractivity contribution in [3.63, 3.8) is 0 Å². The Balaban J connectivity index is 1.56. The van der Waals surface area contributed by atoms with Crippen LogP contribution in [0.4, 0.5) is 4.39 Å². The highest BCUT2D eigenvalue weighted by molar-refractivity contribution is 5.99. The van der Waals surface area contributed by atoms with E-state index in [0.717, 1.165) is 34.4 Å². The van der Waals surface area contributed by atoms with Crippen LogP contribution in [-0.4, -0.2) is 5.78 Å². The van der Waals surface area contributed by atoms with E-state index < -0.39 is 0 Å². The fourth-order valence-electron chi connectivity index (χ4n) is 3.55. The molecule has 0 saturated heterocycles. The lowest BCUT2D eigenvalue weighted by Gasteiger charge is -2.25. The van der Waals surface area contributed by atoms with Crippen molar-refractivity contribution in [1.82, 2.24) is 0 Å². The number of hydrogen-bond donors (Lipinski definition) is 0. The lowest BCUT2D eigenvalue weighted by Crippen LogP contribution is -2.19. The van der Waals surface area contributed by atoms with Crippen LogP contribution in [0.5, 0.6) is 5.75 Å². The summed E-state index contributed by atoms with van der Waals surface area (Å²) in [5.41, 5.74) is 3.90. The van der Waals surface area contributed by atoms with E-state index in [4.69, 9.17) is 4.74 Å². The summed E-state index contributed by atoms with van der Waals surface area (Å²) in [6.45, 7) is 0.370. The molecule has 2 nitrogen and oxygen atoms in total. The zero-order valence-corrected chi connectivity index (χ0v) is 14.3. The van der Waals surface area contributed by atoms with Crippen molar-refractivity contribution >= 4 is 5.78 Å². The third-order valence-corrected chi connectivity index (χ3v) is 4.88. The predicted molar refractivity (Wildman–Crippen MR) is 99.0 cm³/mol. The average Bonchev–Trinajstić information content (AvgIpc) is 2.68. The van der Waals surface area contributed by atoms with E-state index in [-0.39, 0.29) is 17.5 Å². The van der Waals surface area contributed by atoms with E-state index >= 15 is 0 Å². The highest BCUT2D eigenvalue weighted by Gasteiger charge is 2.27. The van der Waals surface area contributed by atoms with Crippen molar-refractivity contribution in [1.29, 1.82) is 0 Å². The number of ketones is 1. The van der Waals surface area contributed by atoms with Gasteiger partial charge in [-0.15, -0.1) is 0 Å². The number of para-hydroxylation sites is 1. The lowest BCUT2D eigenvalue weighted by atomic mass is 9.79. The number of rotatable bonds is 4. The molecule has 0 aliphatic heterocycles. The van der Waals surface area contributed by atoms with Crippen LogP contribution in [0, 0.1) is 5.82 Å². The first-order valence-corrected chi connectivity index (χ1v) is 8.78. The fraction of sp³-hybridized carbons (Fsp3) is 0.174. The van der Waals surface area contributed by atoms with Gasteiger partial charge in [-0.1, -0.05) is 54.6 Å². The molecule has 0 spiro atoms. The molecule has 3 heteroatoms. The number of benzene rings is 3. The van der Waals surface area contributed by atoms with Gasteiger partial charge in [0.2, 0.25) is 0 Å². The van der Waals surface area contributed by atoms with E-state index in [1.54, 1.807) is 12.1 Å². The van der Waals surface area contributed by atoms with Crippen molar-refractivity contribution in [3.05, 3.63) is 101 Å². The first kappa shape index (κ1) is 16.5. The molecule has 0 aromatic heterocycles. The smallest absolute Gasteiger partial charge is 0.163 e. The zero-order chi connectivity index (χ0) is 17.9. The number of carbonyl (C=O) groups excluding carboxylic acids is 1. The molecule has 1 unspecified atom stereocenters. The van der Waals surface area contributed by atoms with Gasteiger partial charge in [0.1, 0.15) is 18.2 Å². The Morgan fingerprint density at radius 3 is 2.46 bits per heavy atom. The molecule has 0 radical (unpaired) electrons. The molecule has 0 heterocycles. The largest absolute Gasteiger partial charge is 0.489 e. The van der Waals surface area contributed by atoms with E-state index in [9.17, 15) is 9.18 Å². The van der Waals surface area contributed by atoms with Gasteiger partial charge in [0.15, 0.2) is 5.78 Å². The molecular weight excluding hydrogens is 327 g/mol. The van der Waals surface area contributed by atoms with Crippen molar-refractivity contribution in [2.24, 2.45) is 0 Å². The molecule has 0 bridgehead atoms. The van der Waals surface area contributed by atoms with E-state index in [0.29, 0.717) is 13.0 Å². The van der Waals surface area contributed by atoms with Crippen molar-refractivity contribution in [2.45, 2.75) is 25.4 Å². The van der Waals surface area contributed by atoms with Crippen LogP contribution >= 0.6 is 0 Å². The van der Waals surface area contributed by atoms with Crippen molar-refractivity contribution in [3.8, 4) is 5.75 Å². The average molecular weight is 346 g/mol. The van der Waals surface area contributed by atoms with Gasteiger partial charge >= 0.3 is 0 Å². The maximum absolute atomic E-state index is 13.0. The summed E-state index contributed by atoms with van der Waals surface area (Å²) in [5, 5.41) is 0. The number of hydrogen-bond acceptors (Lipinski definition) is 2. The monoisotopic (exact) mass is 346 g/mol. The molecule has 0 saturated carbocycles. The minimum absolute atomic E-state index is 0.113. The highest BCUT2D eigenvalue weighted by atomic mass is 19.1. The van der Waals surface area contributed by atoms with E-state index in [2.05, 4.69) is 0 Å². The Kier molecular flexibility index (Phi) is 4.53. The number of Topliss-reactive ketones (excluding diaryl/α,β-unsaturated/α-hetero) is 1. The summed E-state index contributed by atoms with van der Waals surface area (Å²) < 4.78 is 19.0. The van der Waals surface area contributed by atoms with Gasteiger partial charge in [-0.05, 0) is 47.2 Å². The molecule has 3 aromatic carbocycles. The van der Waals surface area contributed by atoms with Gasteiger partial charge in [0, 0.05) is 12.0 Å². The molecule has 1 atom stereocenters. The normalized spacial score (nSPS) is 16.2. The molecule has 3 aromatic rings. The van der Waals surface area contributed by atoms with Gasteiger partial charge in [-0.25, -0.2) is 4.39 Å². The van der Waals surface area contributed by atoms with Crippen LogP contribution in [0.25, 0.3) is 0 Å². The summed E-state index contributed by atoms with van der Waals surface area (Å²) in [6, 6.07) is 22.0. The highest BCUT2D eigenvalue weighted by Crippen LogP contribution is 2.37. The Labute approximate surface area is 152 Å². The fourth-order valence-corrected chi connectivity index (χ4v) is 3.55. The van der Waals surface area contributed by atoms with E-state index in [1.165, 1.54) is 12.1 Å². The number of halogens is 1.